The Morgan fingerprint density at radius 1 is 1.32 bits per heavy atom. The molecule has 2 N–H and O–H groups in total. The Bertz CT molecular complexity index is 591. The van der Waals surface area contributed by atoms with E-state index in [4.69, 9.17) is 10.5 Å². The van der Waals surface area contributed by atoms with Crippen LogP contribution in [0.5, 0.6) is 5.75 Å². The number of nitrogen functional groups attached to an aromatic ring is 1. The van der Waals surface area contributed by atoms with Crippen molar-refractivity contribution in [3.63, 3.8) is 0 Å². The van der Waals surface area contributed by atoms with Crippen molar-refractivity contribution in [2.45, 2.75) is 13.3 Å². The number of ether oxygens (including phenoxy) is 1. The van der Waals surface area contributed by atoms with Crippen LogP contribution >= 0.6 is 0 Å². The van der Waals surface area contributed by atoms with E-state index in [1.807, 2.05) is 24.3 Å². The van der Waals surface area contributed by atoms with Crippen LogP contribution in [-0.2, 0) is 7.05 Å². The van der Waals surface area contributed by atoms with Crippen molar-refractivity contribution in [1.29, 1.82) is 0 Å². The lowest BCUT2D eigenvalue weighted by atomic mass is 10.1. The van der Waals surface area contributed by atoms with E-state index in [-0.39, 0.29) is 11.2 Å². The SMILES string of the molecule is CCCOc1ccc(-c2cc(N)c(=O)n(C)n2)cc1. The maximum Gasteiger partial charge on any atom is 0.289 e. The highest BCUT2D eigenvalue weighted by Crippen LogP contribution is 2.21. The van der Waals surface area contributed by atoms with Crippen molar-refractivity contribution in [2.75, 3.05) is 12.3 Å². The van der Waals surface area contributed by atoms with Gasteiger partial charge in [-0.25, -0.2) is 4.68 Å². The smallest absolute Gasteiger partial charge is 0.289 e. The predicted molar refractivity (Wildman–Crippen MR) is 75.1 cm³/mol. The summed E-state index contributed by atoms with van der Waals surface area (Å²) in [6.07, 6.45) is 0.973. The molecule has 5 nitrogen and oxygen atoms in total. The Labute approximate surface area is 111 Å². The van der Waals surface area contributed by atoms with Gasteiger partial charge in [-0.2, -0.15) is 5.10 Å². The fraction of sp³-hybridized carbons (Fsp3) is 0.286. The first kappa shape index (κ1) is 13.1. The number of anilines is 1. The van der Waals surface area contributed by atoms with E-state index < -0.39 is 0 Å². The molecule has 1 heterocycles. The molecule has 0 amide bonds. The van der Waals surface area contributed by atoms with Crippen molar-refractivity contribution in [1.82, 2.24) is 9.78 Å². The maximum atomic E-state index is 11.5. The molecule has 5 heteroatoms. The second kappa shape index (κ2) is 5.56. The van der Waals surface area contributed by atoms with Crippen molar-refractivity contribution >= 4 is 5.69 Å². The summed E-state index contributed by atoms with van der Waals surface area (Å²) in [4.78, 5) is 11.5. The van der Waals surface area contributed by atoms with Crippen LogP contribution in [0.1, 0.15) is 13.3 Å². The third kappa shape index (κ3) is 2.93. The number of benzene rings is 1. The minimum atomic E-state index is -0.286. The van der Waals surface area contributed by atoms with E-state index in [1.165, 1.54) is 4.68 Å². The zero-order valence-corrected chi connectivity index (χ0v) is 11.1. The van der Waals surface area contributed by atoms with Crippen LogP contribution in [0.3, 0.4) is 0 Å². The molecule has 0 spiro atoms. The second-order valence-electron chi connectivity index (χ2n) is 4.29. The summed E-state index contributed by atoms with van der Waals surface area (Å²) in [7, 11) is 1.58. The highest BCUT2D eigenvalue weighted by molar-refractivity contribution is 5.62. The van der Waals surface area contributed by atoms with Crippen LogP contribution in [0.15, 0.2) is 35.1 Å². The van der Waals surface area contributed by atoms with Gasteiger partial charge in [-0.05, 0) is 36.8 Å². The van der Waals surface area contributed by atoms with Gasteiger partial charge < -0.3 is 10.5 Å². The van der Waals surface area contributed by atoms with Gasteiger partial charge in [-0.15, -0.1) is 0 Å². The summed E-state index contributed by atoms with van der Waals surface area (Å²) < 4.78 is 6.75. The summed E-state index contributed by atoms with van der Waals surface area (Å²) in [5.74, 6) is 0.823. The van der Waals surface area contributed by atoms with Crippen LogP contribution in [-0.4, -0.2) is 16.4 Å². The molecule has 100 valence electrons. The van der Waals surface area contributed by atoms with Gasteiger partial charge >= 0.3 is 0 Å². The Balaban J connectivity index is 2.29. The number of rotatable bonds is 4. The molecule has 2 rings (SSSR count). The zero-order chi connectivity index (χ0) is 13.8. The third-order valence-electron chi connectivity index (χ3n) is 2.71. The second-order valence-corrected chi connectivity index (χ2v) is 4.29. The third-order valence-corrected chi connectivity index (χ3v) is 2.71. The van der Waals surface area contributed by atoms with Crippen LogP contribution in [0.4, 0.5) is 5.69 Å². The lowest BCUT2D eigenvalue weighted by Crippen LogP contribution is -2.22. The lowest BCUT2D eigenvalue weighted by Gasteiger charge is -2.07. The Hall–Kier alpha value is -2.30. The van der Waals surface area contributed by atoms with Crippen molar-refractivity contribution < 1.29 is 4.74 Å². The molecule has 0 fully saturated rings. The molecule has 0 saturated heterocycles. The molecule has 1 aromatic carbocycles. The number of hydrogen-bond donors (Lipinski definition) is 1. The van der Waals surface area contributed by atoms with E-state index in [1.54, 1.807) is 13.1 Å². The molecule has 0 atom stereocenters. The molecule has 0 aliphatic heterocycles. The number of aryl methyl sites for hydroxylation is 1. The molecule has 0 aliphatic rings. The van der Waals surface area contributed by atoms with E-state index in [0.29, 0.717) is 12.3 Å². The molecule has 2 aromatic rings. The van der Waals surface area contributed by atoms with E-state index in [9.17, 15) is 4.79 Å². The number of hydrogen-bond acceptors (Lipinski definition) is 4. The first-order chi connectivity index (χ1) is 9.11. The summed E-state index contributed by atoms with van der Waals surface area (Å²) in [6.45, 7) is 2.76. The first-order valence-corrected chi connectivity index (χ1v) is 6.19. The molecule has 1 aromatic heterocycles. The average molecular weight is 259 g/mol. The highest BCUT2D eigenvalue weighted by Gasteiger charge is 2.05. The molecule has 0 unspecified atom stereocenters. The number of nitrogens with zero attached hydrogens (tertiary/aromatic N) is 2. The van der Waals surface area contributed by atoms with Gasteiger partial charge in [0.15, 0.2) is 0 Å². The lowest BCUT2D eigenvalue weighted by molar-refractivity contribution is 0.317. The van der Waals surface area contributed by atoms with Gasteiger partial charge in [-0.1, -0.05) is 6.92 Å². The minimum Gasteiger partial charge on any atom is -0.494 e. The minimum absolute atomic E-state index is 0.193. The summed E-state index contributed by atoms with van der Waals surface area (Å²) in [5, 5.41) is 4.18. The van der Waals surface area contributed by atoms with Crippen molar-refractivity contribution in [3.8, 4) is 17.0 Å². The predicted octanol–water partition coefficient (Wildman–Crippen LogP) is 1.82. The van der Waals surface area contributed by atoms with Gasteiger partial charge in [0.2, 0.25) is 0 Å². The average Bonchev–Trinajstić information content (AvgIpc) is 2.42. The molecule has 0 radical (unpaired) electrons. The van der Waals surface area contributed by atoms with E-state index in [0.717, 1.165) is 17.7 Å². The topological polar surface area (TPSA) is 70.1 Å². The molecule has 19 heavy (non-hydrogen) atoms. The quantitative estimate of drug-likeness (QED) is 0.909. The summed E-state index contributed by atoms with van der Waals surface area (Å²) >= 11 is 0. The molecule has 0 aliphatic carbocycles. The van der Waals surface area contributed by atoms with Gasteiger partial charge in [0, 0.05) is 12.6 Å². The van der Waals surface area contributed by atoms with Crippen LogP contribution in [0.25, 0.3) is 11.3 Å². The highest BCUT2D eigenvalue weighted by atomic mass is 16.5. The number of nitrogens with two attached hydrogens (primary N) is 1. The molecule has 0 bridgehead atoms. The normalized spacial score (nSPS) is 10.4. The maximum absolute atomic E-state index is 11.5. The van der Waals surface area contributed by atoms with Gasteiger partial charge in [0.25, 0.3) is 5.56 Å². The fourth-order valence-corrected chi connectivity index (χ4v) is 1.71. The standard InChI is InChI=1S/C14H17N3O2/c1-3-8-19-11-6-4-10(5-7-11)13-9-12(15)14(18)17(2)16-13/h4-7,9H,3,8,15H2,1-2H3. The van der Waals surface area contributed by atoms with Gasteiger partial charge in [0.1, 0.15) is 11.4 Å². The largest absolute Gasteiger partial charge is 0.494 e. The van der Waals surface area contributed by atoms with Gasteiger partial charge in [-0.3, -0.25) is 4.79 Å². The monoisotopic (exact) mass is 259 g/mol. The molecular formula is C14H17N3O2. The van der Waals surface area contributed by atoms with Crippen LogP contribution in [0, 0.1) is 0 Å². The van der Waals surface area contributed by atoms with Crippen LogP contribution < -0.4 is 16.0 Å². The first-order valence-electron chi connectivity index (χ1n) is 6.19. The van der Waals surface area contributed by atoms with Crippen molar-refractivity contribution in [2.24, 2.45) is 7.05 Å². The fourth-order valence-electron chi connectivity index (χ4n) is 1.71. The molecular weight excluding hydrogens is 242 g/mol. The molecule has 0 saturated carbocycles. The number of aromatic nitrogens is 2. The Morgan fingerprint density at radius 2 is 2.00 bits per heavy atom. The zero-order valence-electron chi connectivity index (χ0n) is 11.1. The van der Waals surface area contributed by atoms with Crippen LogP contribution in [0.2, 0.25) is 0 Å². The van der Waals surface area contributed by atoms with Gasteiger partial charge in [0.05, 0.1) is 12.3 Å². The Morgan fingerprint density at radius 3 is 2.58 bits per heavy atom. The van der Waals surface area contributed by atoms with Crippen molar-refractivity contribution in [3.05, 3.63) is 40.7 Å². The van der Waals surface area contributed by atoms with E-state index in [2.05, 4.69) is 12.0 Å². The summed E-state index contributed by atoms with van der Waals surface area (Å²) in [5.41, 5.74) is 7.13. The summed E-state index contributed by atoms with van der Waals surface area (Å²) in [6, 6.07) is 9.15. The van der Waals surface area contributed by atoms with E-state index >= 15 is 0 Å². The Kier molecular flexibility index (Phi) is 3.85.